The maximum atomic E-state index is 10.3. The molecule has 0 heterocycles. The SMILES string of the molecule is CCCC(=O)[N]C#N. The lowest BCUT2D eigenvalue weighted by Crippen LogP contribution is -2.07. The third kappa shape index (κ3) is 3.16. The largest absolute Gasteiger partial charge is 0.272 e. The van der Waals surface area contributed by atoms with Gasteiger partial charge in [0.25, 0.3) is 5.91 Å². The molecule has 0 aromatic rings. The lowest BCUT2D eigenvalue weighted by atomic mass is 10.3. The Hall–Kier alpha value is -1.04. The van der Waals surface area contributed by atoms with E-state index in [2.05, 4.69) is 5.32 Å². The quantitative estimate of drug-likeness (QED) is 0.484. The van der Waals surface area contributed by atoms with E-state index >= 15 is 0 Å². The molecule has 0 unspecified atom stereocenters. The Balaban J connectivity index is 3.23. The van der Waals surface area contributed by atoms with Crippen LogP contribution in [-0.4, -0.2) is 5.91 Å². The number of nitrogens with zero attached hydrogens (tertiary/aromatic N) is 2. The molecule has 0 aromatic carbocycles. The van der Waals surface area contributed by atoms with Crippen LogP contribution in [0.3, 0.4) is 0 Å². The predicted molar refractivity (Wildman–Crippen MR) is 27.7 cm³/mol. The topological polar surface area (TPSA) is 55.0 Å². The maximum Gasteiger partial charge on any atom is 0.256 e. The van der Waals surface area contributed by atoms with Gasteiger partial charge in [0.15, 0.2) is 0 Å². The predicted octanol–water partition coefficient (Wildman–Crippen LogP) is 0.399. The third-order valence-electron chi connectivity index (χ3n) is 0.639. The molecule has 0 saturated carbocycles. The first kappa shape index (κ1) is 6.96. The highest BCUT2D eigenvalue weighted by Crippen LogP contribution is 1.84. The Kier molecular flexibility index (Phi) is 3.59. The second kappa shape index (κ2) is 4.13. The molecular formula is C5H7N2O. The molecule has 0 spiro atoms. The van der Waals surface area contributed by atoms with Crippen molar-refractivity contribution in [3.63, 3.8) is 0 Å². The second-order valence-corrected chi connectivity index (χ2v) is 1.36. The monoisotopic (exact) mass is 111 g/mol. The number of hydrogen-bond acceptors (Lipinski definition) is 2. The Morgan fingerprint density at radius 3 is 2.88 bits per heavy atom. The molecule has 1 radical (unpaired) electrons. The number of nitriles is 1. The van der Waals surface area contributed by atoms with Crippen LogP contribution in [0.4, 0.5) is 0 Å². The van der Waals surface area contributed by atoms with E-state index in [1.165, 1.54) is 6.19 Å². The summed E-state index contributed by atoms with van der Waals surface area (Å²) in [6, 6.07) is 0. The molecular weight excluding hydrogens is 104 g/mol. The van der Waals surface area contributed by atoms with Crippen molar-refractivity contribution in [1.29, 1.82) is 5.26 Å². The minimum Gasteiger partial charge on any atom is -0.272 e. The third-order valence-corrected chi connectivity index (χ3v) is 0.639. The summed E-state index contributed by atoms with van der Waals surface area (Å²) in [5, 5.41) is 10.8. The van der Waals surface area contributed by atoms with E-state index in [-0.39, 0.29) is 5.91 Å². The summed E-state index contributed by atoms with van der Waals surface area (Å²) in [5.74, 6) is -0.324. The molecule has 43 valence electrons. The molecule has 0 bridgehead atoms. The van der Waals surface area contributed by atoms with Gasteiger partial charge in [0.1, 0.15) is 0 Å². The summed E-state index contributed by atoms with van der Waals surface area (Å²) >= 11 is 0. The second-order valence-electron chi connectivity index (χ2n) is 1.36. The van der Waals surface area contributed by atoms with Gasteiger partial charge in [0.2, 0.25) is 6.19 Å². The van der Waals surface area contributed by atoms with E-state index in [4.69, 9.17) is 5.26 Å². The average molecular weight is 111 g/mol. The zero-order valence-corrected chi connectivity index (χ0v) is 4.72. The van der Waals surface area contributed by atoms with Gasteiger partial charge < -0.3 is 0 Å². The lowest BCUT2D eigenvalue weighted by molar-refractivity contribution is -0.120. The molecule has 0 fully saturated rings. The molecule has 3 heteroatoms. The van der Waals surface area contributed by atoms with Gasteiger partial charge in [-0.1, -0.05) is 6.92 Å². The highest BCUT2D eigenvalue weighted by Gasteiger charge is 1.96. The Morgan fingerprint density at radius 2 is 2.50 bits per heavy atom. The minimum atomic E-state index is -0.324. The highest BCUT2D eigenvalue weighted by molar-refractivity contribution is 5.76. The average Bonchev–Trinajstić information content (AvgIpc) is 1.68. The molecule has 0 N–H and O–H groups in total. The van der Waals surface area contributed by atoms with Crippen LogP contribution in [0.15, 0.2) is 0 Å². The Morgan fingerprint density at radius 1 is 1.88 bits per heavy atom. The van der Waals surface area contributed by atoms with Crippen molar-refractivity contribution in [3.8, 4) is 6.19 Å². The summed E-state index contributed by atoms with van der Waals surface area (Å²) in [6.45, 7) is 1.87. The molecule has 0 atom stereocenters. The van der Waals surface area contributed by atoms with Gasteiger partial charge in [0, 0.05) is 6.42 Å². The number of rotatable bonds is 2. The van der Waals surface area contributed by atoms with Crippen molar-refractivity contribution < 1.29 is 4.79 Å². The fraction of sp³-hybridized carbons (Fsp3) is 0.600. The summed E-state index contributed by atoms with van der Waals surface area (Å²) in [5.41, 5.74) is 0. The van der Waals surface area contributed by atoms with Gasteiger partial charge in [0.05, 0.1) is 0 Å². The molecule has 0 aliphatic heterocycles. The first-order chi connectivity index (χ1) is 3.81. The summed E-state index contributed by atoms with van der Waals surface area (Å²) in [4.78, 5) is 10.3. The number of amides is 1. The van der Waals surface area contributed by atoms with Gasteiger partial charge in [-0.25, -0.2) is 0 Å². The molecule has 0 aromatic heterocycles. The lowest BCUT2D eigenvalue weighted by Gasteiger charge is -1.85. The van der Waals surface area contributed by atoms with E-state index in [9.17, 15) is 4.79 Å². The zero-order chi connectivity index (χ0) is 6.41. The molecule has 0 saturated heterocycles. The van der Waals surface area contributed by atoms with Gasteiger partial charge in [-0.15, -0.1) is 5.32 Å². The summed E-state index contributed by atoms with van der Waals surface area (Å²) in [6.07, 6.45) is 2.56. The van der Waals surface area contributed by atoms with Gasteiger partial charge >= 0.3 is 0 Å². The maximum absolute atomic E-state index is 10.3. The number of carbonyl (C=O) groups is 1. The van der Waals surface area contributed by atoms with Gasteiger partial charge in [-0.05, 0) is 6.42 Å². The number of carbonyl (C=O) groups excluding carboxylic acids is 1. The highest BCUT2D eigenvalue weighted by atomic mass is 16.1. The normalized spacial score (nSPS) is 7.50. The zero-order valence-electron chi connectivity index (χ0n) is 4.72. The van der Waals surface area contributed by atoms with E-state index in [1.54, 1.807) is 0 Å². The first-order valence-corrected chi connectivity index (χ1v) is 2.44. The van der Waals surface area contributed by atoms with E-state index in [0.29, 0.717) is 6.42 Å². The van der Waals surface area contributed by atoms with Crippen molar-refractivity contribution in [2.24, 2.45) is 0 Å². The van der Waals surface area contributed by atoms with Crippen LogP contribution in [0, 0.1) is 11.5 Å². The van der Waals surface area contributed by atoms with Crippen molar-refractivity contribution in [3.05, 3.63) is 0 Å². The van der Waals surface area contributed by atoms with Crippen molar-refractivity contribution in [2.75, 3.05) is 0 Å². The van der Waals surface area contributed by atoms with Crippen LogP contribution in [0.1, 0.15) is 19.8 Å². The smallest absolute Gasteiger partial charge is 0.256 e. The summed E-state index contributed by atoms with van der Waals surface area (Å²) < 4.78 is 0. The van der Waals surface area contributed by atoms with Crippen molar-refractivity contribution in [1.82, 2.24) is 5.32 Å². The van der Waals surface area contributed by atoms with Crippen LogP contribution < -0.4 is 5.32 Å². The standard InChI is InChI=1S/C5H7N2O/c1-2-3-5(8)7-4-6/h2-3H2,1H3. The van der Waals surface area contributed by atoms with Gasteiger partial charge in [-0.2, -0.15) is 5.26 Å². The van der Waals surface area contributed by atoms with Crippen LogP contribution in [-0.2, 0) is 4.79 Å². The van der Waals surface area contributed by atoms with Gasteiger partial charge in [-0.3, -0.25) is 4.79 Å². The van der Waals surface area contributed by atoms with E-state index < -0.39 is 0 Å². The van der Waals surface area contributed by atoms with E-state index in [0.717, 1.165) is 6.42 Å². The molecule has 0 rings (SSSR count). The first-order valence-electron chi connectivity index (χ1n) is 2.44. The molecule has 0 aliphatic carbocycles. The van der Waals surface area contributed by atoms with Crippen LogP contribution in [0.25, 0.3) is 0 Å². The molecule has 0 aliphatic rings. The fourth-order valence-corrected chi connectivity index (χ4v) is 0.326. The minimum absolute atomic E-state index is 0.324. The number of hydrogen-bond donors (Lipinski definition) is 0. The molecule has 1 amide bonds. The molecule has 3 nitrogen and oxygen atoms in total. The Bertz CT molecular complexity index is 114. The fourth-order valence-electron chi connectivity index (χ4n) is 0.326. The van der Waals surface area contributed by atoms with Crippen molar-refractivity contribution >= 4 is 5.91 Å². The van der Waals surface area contributed by atoms with Crippen LogP contribution >= 0.6 is 0 Å². The van der Waals surface area contributed by atoms with Crippen LogP contribution in [0.5, 0.6) is 0 Å². The molecule has 8 heavy (non-hydrogen) atoms. The van der Waals surface area contributed by atoms with Crippen molar-refractivity contribution in [2.45, 2.75) is 19.8 Å². The van der Waals surface area contributed by atoms with Crippen LogP contribution in [0.2, 0.25) is 0 Å². The summed E-state index contributed by atoms with van der Waals surface area (Å²) in [7, 11) is 0. The van der Waals surface area contributed by atoms with E-state index in [1.807, 2.05) is 6.92 Å². The Labute approximate surface area is 48.3 Å².